The average molecular weight is 1630 g/mol. The summed E-state index contributed by atoms with van der Waals surface area (Å²) in [5.41, 5.74) is 26.0. The summed E-state index contributed by atoms with van der Waals surface area (Å²) < 4.78 is 15.7. The summed E-state index contributed by atoms with van der Waals surface area (Å²) in [6, 6.07) is 58.7. The van der Waals surface area contributed by atoms with Crippen molar-refractivity contribution >= 4 is 122 Å². The highest BCUT2D eigenvalue weighted by atomic mass is 79.9. The second-order valence-corrected chi connectivity index (χ2v) is 26.7. The first-order valence-corrected chi connectivity index (χ1v) is 36.7. The molecule has 27 heteroatoms. The molecule has 9 aromatic rings. The molecule has 1 aliphatic rings. The van der Waals surface area contributed by atoms with Crippen LogP contribution in [0.4, 0.5) is 28.4 Å². The fraction of sp³-hybridized carbons (Fsp3) is 0.191. The molecule has 0 spiro atoms. The fourth-order valence-corrected chi connectivity index (χ4v) is 11.8. The van der Waals surface area contributed by atoms with Crippen molar-refractivity contribution in [3.05, 3.63) is 290 Å². The minimum Gasteiger partial charge on any atom is -0.463 e. The Hall–Kier alpha value is -14.4. The van der Waals surface area contributed by atoms with Crippen LogP contribution in [0.2, 0.25) is 0 Å². The zero-order valence-corrected chi connectivity index (χ0v) is 66.0. The first kappa shape index (κ1) is 90.4. The number of amidine groups is 1. The van der Waals surface area contributed by atoms with Gasteiger partial charge >= 0.3 is 17.9 Å². The van der Waals surface area contributed by atoms with Gasteiger partial charge in [0.1, 0.15) is 29.0 Å². The number of Topliss-reactive ketones (excluding diaryl/α,β-unsaturated/α-hetero) is 4. The molecule has 0 aromatic heterocycles. The van der Waals surface area contributed by atoms with E-state index in [2.05, 4.69) is 20.9 Å². The molecule has 9 aromatic carbocycles. The zero-order valence-electron chi connectivity index (χ0n) is 64.4. The van der Waals surface area contributed by atoms with E-state index in [4.69, 9.17) is 36.2 Å². The second-order valence-electron chi connectivity index (χ2n) is 25.8. The van der Waals surface area contributed by atoms with Crippen LogP contribution in [0.3, 0.4) is 0 Å². The summed E-state index contributed by atoms with van der Waals surface area (Å²) in [5, 5.41) is 50.5. The van der Waals surface area contributed by atoms with Crippen LogP contribution in [0.5, 0.6) is 0 Å². The average Bonchev–Trinajstić information content (AvgIpc) is 1.64. The smallest absolute Gasteiger partial charge is 0.335 e. The van der Waals surface area contributed by atoms with E-state index >= 15 is 0 Å². The van der Waals surface area contributed by atoms with Gasteiger partial charge < -0.3 is 25.7 Å². The van der Waals surface area contributed by atoms with E-state index in [-0.39, 0.29) is 106 Å². The number of nitriles is 2. The van der Waals surface area contributed by atoms with E-state index < -0.39 is 26.7 Å². The molecule has 116 heavy (non-hydrogen) atoms. The van der Waals surface area contributed by atoms with E-state index in [1.807, 2.05) is 140 Å². The molecule has 0 saturated carbocycles. The largest absolute Gasteiger partial charge is 0.463 e. The number of esters is 3. The van der Waals surface area contributed by atoms with Gasteiger partial charge in [0.25, 0.3) is 17.1 Å². The normalized spacial score (nSPS) is 11.1. The highest BCUT2D eigenvalue weighted by Gasteiger charge is 2.22. The zero-order chi connectivity index (χ0) is 85.1. The van der Waals surface area contributed by atoms with Crippen LogP contribution < -0.4 is 11.5 Å². The number of nitrogen functional groups attached to an aromatic ring is 1. The van der Waals surface area contributed by atoms with Crippen molar-refractivity contribution in [1.82, 2.24) is 0 Å². The summed E-state index contributed by atoms with van der Waals surface area (Å²) in [7, 11) is 0. The molecule has 592 valence electrons. The Bertz CT molecular complexity index is 5410. The minimum absolute atomic E-state index is 0.0466. The van der Waals surface area contributed by atoms with Crippen LogP contribution in [-0.4, -0.2) is 94.0 Å². The molecule has 1 aliphatic heterocycles. The molecule has 0 bridgehead atoms. The van der Waals surface area contributed by atoms with E-state index in [1.165, 1.54) is 56.3 Å². The number of nitro groups is 3. The number of hydrogen-bond donors (Lipinski definition) is 2. The Labute approximate surface area is 677 Å². The van der Waals surface area contributed by atoms with Crippen LogP contribution >= 0.6 is 15.9 Å². The van der Waals surface area contributed by atoms with Crippen LogP contribution in [0.25, 0.3) is 62.7 Å². The number of ether oxygens (including phenoxy) is 3. The Morgan fingerprint density at radius 1 is 0.448 bits per heavy atom. The monoisotopic (exact) mass is 1630 g/mol. The number of nitrogens with zero attached hydrogens (tertiary/aromatic N) is 6. The van der Waals surface area contributed by atoms with Crippen molar-refractivity contribution in [3.8, 4) is 56.6 Å². The van der Waals surface area contributed by atoms with Gasteiger partial charge in [-0.05, 0) is 200 Å². The van der Waals surface area contributed by atoms with Gasteiger partial charge in [-0.2, -0.15) is 10.5 Å². The maximum absolute atomic E-state index is 12.2. The van der Waals surface area contributed by atoms with Crippen molar-refractivity contribution in [3.63, 3.8) is 0 Å². The number of benzene rings is 9. The predicted molar refractivity (Wildman–Crippen MR) is 445 cm³/mol. The number of aldehydes is 2. The van der Waals surface area contributed by atoms with Crippen LogP contribution in [0.15, 0.2) is 214 Å². The number of rotatable bonds is 27. The Kier molecular flexibility index (Phi) is 35.2. The van der Waals surface area contributed by atoms with E-state index in [9.17, 15) is 73.5 Å². The van der Waals surface area contributed by atoms with Crippen LogP contribution in [0.1, 0.15) is 127 Å². The molecular weight excluding hydrogens is 1550 g/mol. The lowest BCUT2D eigenvalue weighted by molar-refractivity contribution is -0.385. The van der Waals surface area contributed by atoms with Crippen molar-refractivity contribution in [1.29, 1.82) is 10.5 Å². The molecule has 0 fully saturated rings. The highest BCUT2D eigenvalue weighted by molar-refractivity contribution is 9.10. The minimum atomic E-state index is -0.678. The summed E-state index contributed by atoms with van der Waals surface area (Å²) in [5.74, 6) is -0.783. The number of nitrogens with two attached hydrogens (primary N) is 2. The first-order valence-electron chi connectivity index (χ1n) is 35.9. The number of halogens is 1. The number of carbonyl (C=O) groups is 9. The molecule has 0 radical (unpaired) electrons. The molecule has 26 nitrogen and oxygen atoms in total. The molecule has 0 atom stereocenters. The third-order valence-corrected chi connectivity index (χ3v) is 17.2. The summed E-state index contributed by atoms with van der Waals surface area (Å²) in [6.45, 7) is 12.0. The van der Waals surface area contributed by atoms with Gasteiger partial charge in [-0.25, -0.2) is 19.4 Å². The number of nitro benzene ring substituents is 3. The Morgan fingerprint density at radius 3 is 1.15 bits per heavy atom. The van der Waals surface area contributed by atoms with Crippen molar-refractivity contribution in [2.45, 2.75) is 93.4 Å². The van der Waals surface area contributed by atoms with Gasteiger partial charge in [-0.1, -0.05) is 125 Å². The van der Waals surface area contributed by atoms with E-state index in [0.717, 1.165) is 72.4 Å². The van der Waals surface area contributed by atoms with E-state index in [0.29, 0.717) is 77.6 Å². The molecular formula is C89H81BrN8O18. The topological polar surface area (TPSA) is 423 Å². The SMILES string of the molecule is CC(=O)Cc1ccc(-c2ccc([N+](=O)[O-])c(C=O)c2)cc1.CCOC(=O)/C(=C/c1cc(-c2ccc(CC(C)=O)cc2)ccc1N)CC#N.CCOC(=O)/C(=C/c1cc(-c2ccc(CC(C)=O)cc2)ccc1[N+](=O)[O-])CC#N.CCOC(=O)C1=Cc2cc(-c3ccc(CC(C)=O)cc3)ccc2N=C(N)C1.O=Cc1cc(Br)ccc1[N+](=O)[O-]. The molecule has 0 amide bonds. The first-order chi connectivity index (χ1) is 55.4. The number of aliphatic imine (C=N–C) groups is 1. The van der Waals surface area contributed by atoms with Gasteiger partial charge in [-0.3, -0.25) is 59.1 Å². The lowest BCUT2D eigenvalue weighted by Crippen LogP contribution is -2.16. The van der Waals surface area contributed by atoms with E-state index in [1.54, 1.807) is 71.0 Å². The third-order valence-electron chi connectivity index (χ3n) is 16.7. The maximum Gasteiger partial charge on any atom is 0.335 e. The van der Waals surface area contributed by atoms with Crippen molar-refractivity contribution in [2.75, 3.05) is 25.6 Å². The van der Waals surface area contributed by atoms with Gasteiger partial charge in [0.2, 0.25) is 0 Å². The van der Waals surface area contributed by atoms with Crippen molar-refractivity contribution in [2.24, 2.45) is 10.7 Å². The number of carbonyl (C=O) groups excluding carboxylic acids is 9. The van der Waals surface area contributed by atoms with Gasteiger partial charge in [0.05, 0.1) is 93.1 Å². The second kappa shape index (κ2) is 45.2. The maximum atomic E-state index is 12.2. The highest BCUT2D eigenvalue weighted by Crippen LogP contribution is 2.35. The summed E-state index contributed by atoms with van der Waals surface area (Å²) >= 11 is 3.10. The quantitative estimate of drug-likeness (QED) is 0.00918. The van der Waals surface area contributed by atoms with Crippen LogP contribution in [0, 0.1) is 53.0 Å². The van der Waals surface area contributed by atoms with Gasteiger partial charge in [0, 0.05) is 71.6 Å². The summed E-state index contributed by atoms with van der Waals surface area (Å²) in [6.07, 6.45) is 7.21. The standard InChI is InChI=1S/C22H20N2O5.2C22H22N2O3.C16H13NO4.C7H4BrNO3/c1-3-29-22(26)19(10-11-23)14-20-13-18(8-9-21(20)24(27)28)17-6-4-16(5-7-17)12-15(2)25;1-3-27-22(26)19-12-18-11-17(8-9-20(18)24-21(23)13-19)16-6-4-15(5-7-16)10-14(2)25;1-3-27-22(26)19(10-11-23)14-20-13-18(8-9-21(20)24)17-6-4-16(5-7-17)12-15(2)25;1-11(19)8-12-2-4-13(5-3-12)14-6-7-16(17(20)21)15(9-14)10-18;8-6-1-2-7(9(11)12)5(3-6)4-10/h4-9,13-14H,3,10,12H2,1-2H3;4-9,11-12H,3,10,13H2,1-2H3,(H2,23,24);4-9,13-14H,3,10,12,24H2,1-2H3;2-7,9-10H,8H2,1H3;1-4H/b19-14+;;19-14+;;. The summed E-state index contributed by atoms with van der Waals surface area (Å²) in [4.78, 5) is 138. The number of ketones is 4. The number of anilines is 1. The van der Waals surface area contributed by atoms with Gasteiger partial charge in [0.15, 0.2) is 12.6 Å². The fourth-order valence-electron chi connectivity index (χ4n) is 11.4. The third kappa shape index (κ3) is 28.1. The molecule has 0 aliphatic carbocycles. The molecule has 4 N–H and O–H groups in total. The Balaban J connectivity index is 0.000000230. The number of fused-ring (bicyclic) bond motifs is 1. The molecule has 10 rings (SSSR count). The lowest BCUT2D eigenvalue weighted by Gasteiger charge is -2.09. The number of hydrogen-bond acceptors (Lipinski definition) is 23. The molecule has 0 saturated heterocycles. The molecule has 0 unspecified atom stereocenters. The lowest BCUT2D eigenvalue weighted by atomic mass is 9.98. The molecule has 1 heterocycles. The van der Waals surface area contributed by atoms with Gasteiger partial charge in [-0.15, -0.1) is 0 Å². The Morgan fingerprint density at radius 2 is 0.776 bits per heavy atom. The van der Waals surface area contributed by atoms with Crippen molar-refractivity contribution < 1.29 is 72.1 Å². The predicted octanol–water partition coefficient (Wildman–Crippen LogP) is 17.4. The van der Waals surface area contributed by atoms with Crippen LogP contribution in [-0.2, 0) is 73.5 Å².